The zero-order valence-electron chi connectivity index (χ0n) is 22.9. The van der Waals surface area contributed by atoms with Gasteiger partial charge in [-0.05, 0) is 55.1 Å². The summed E-state index contributed by atoms with van der Waals surface area (Å²) >= 11 is 0. The van der Waals surface area contributed by atoms with Gasteiger partial charge in [0.1, 0.15) is 47.6 Å². The largest absolute Gasteiger partial charge is 0.456 e. The highest BCUT2D eigenvalue weighted by Gasteiger charge is 2.43. The van der Waals surface area contributed by atoms with Crippen molar-refractivity contribution in [3.8, 4) is 17.4 Å². The van der Waals surface area contributed by atoms with Gasteiger partial charge in [0, 0.05) is 49.5 Å². The van der Waals surface area contributed by atoms with Crippen LogP contribution in [0.4, 0.5) is 5.69 Å². The zero-order chi connectivity index (χ0) is 29.3. The van der Waals surface area contributed by atoms with Crippen LogP contribution in [0, 0.1) is 11.3 Å². The Morgan fingerprint density at radius 1 is 0.976 bits per heavy atom. The number of amides is 1. The van der Waals surface area contributed by atoms with Crippen molar-refractivity contribution in [3.05, 3.63) is 59.9 Å². The second-order valence-electron chi connectivity index (χ2n) is 10.6. The molecule has 0 bridgehead atoms. The molecule has 5 N–H and O–H groups in total. The van der Waals surface area contributed by atoms with E-state index in [1.54, 1.807) is 19.1 Å². The van der Waals surface area contributed by atoms with Gasteiger partial charge in [-0.1, -0.05) is 18.2 Å². The smallest absolute Gasteiger partial charge is 0.262 e. The molecule has 216 valence electrons. The second kappa shape index (κ2) is 12.0. The highest BCUT2D eigenvalue weighted by atomic mass is 16.6. The SMILES string of the molecule is C/C(=C(/C#N)C(=O)NC[C@H]1OC(O)[C@H](O)[C@@H](O)[C@@H]1O)c1ccc(-c2ccc3cc(N4CCN(C)CC4)ccc3c2)o1. The van der Waals surface area contributed by atoms with Crippen LogP contribution in [0.2, 0.25) is 0 Å². The number of hydrogen-bond donors (Lipinski definition) is 5. The minimum atomic E-state index is -1.72. The molecule has 1 aromatic heterocycles. The molecular formula is C30H34N4O7. The molecular weight excluding hydrogens is 528 g/mol. The molecule has 11 nitrogen and oxygen atoms in total. The number of likely N-dealkylation sites (N-methyl/N-ethyl adjacent to an activating group) is 1. The molecule has 3 heterocycles. The molecule has 2 fully saturated rings. The molecule has 2 saturated heterocycles. The molecule has 0 radical (unpaired) electrons. The van der Waals surface area contributed by atoms with Crippen LogP contribution in [0.25, 0.3) is 27.7 Å². The summed E-state index contributed by atoms with van der Waals surface area (Å²) in [5.74, 6) is 0.193. The Hall–Kier alpha value is -3.76. The zero-order valence-corrected chi connectivity index (χ0v) is 22.9. The number of ether oxygens (including phenoxy) is 1. The number of aliphatic hydroxyl groups excluding tert-OH is 4. The number of carbonyl (C=O) groups excluding carboxylic acids is 1. The Morgan fingerprint density at radius 2 is 1.68 bits per heavy atom. The van der Waals surface area contributed by atoms with E-state index < -0.39 is 36.6 Å². The van der Waals surface area contributed by atoms with E-state index in [4.69, 9.17) is 9.15 Å². The molecule has 3 aromatic rings. The van der Waals surface area contributed by atoms with Crippen molar-refractivity contribution in [1.29, 1.82) is 5.26 Å². The number of nitrogens with zero attached hydrogens (tertiary/aromatic N) is 3. The summed E-state index contributed by atoms with van der Waals surface area (Å²) in [4.78, 5) is 17.5. The van der Waals surface area contributed by atoms with E-state index in [0.717, 1.165) is 42.5 Å². The van der Waals surface area contributed by atoms with Crippen LogP contribution >= 0.6 is 0 Å². The fourth-order valence-corrected chi connectivity index (χ4v) is 5.15. The fourth-order valence-electron chi connectivity index (χ4n) is 5.15. The lowest BCUT2D eigenvalue weighted by Crippen LogP contribution is -2.60. The molecule has 11 heteroatoms. The predicted octanol–water partition coefficient (Wildman–Crippen LogP) is 1.06. The third kappa shape index (κ3) is 5.99. The lowest BCUT2D eigenvalue weighted by Gasteiger charge is -2.38. The lowest BCUT2D eigenvalue weighted by atomic mass is 9.99. The topological polar surface area (TPSA) is 163 Å². The average molecular weight is 563 g/mol. The van der Waals surface area contributed by atoms with E-state index in [1.165, 1.54) is 5.69 Å². The van der Waals surface area contributed by atoms with Gasteiger partial charge in [0.05, 0.1) is 0 Å². The van der Waals surface area contributed by atoms with Crippen molar-refractivity contribution in [2.45, 2.75) is 37.6 Å². The van der Waals surface area contributed by atoms with Crippen LogP contribution in [0.15, 0.2) is 58.5 Å². The summed E-state index contributed by atoms with van der Waals surface area (Å²) in [6.07, 6.45) is -7.78. The van der Waals surface area contributed by atoms with Crippen molar-refractivity contribution in [2.24, 2.45) is 0 Å². The molecule has 0 aliphatic carbocycles. The summed E-state index contributed by atoms with van der Waals surface area (Å²) < 4.78 is 11.1. The number of furan rings is 1. The van der Waals surface area contributed by atoms with Gasteiger partial charge in [0.25, 0.3) is 5.91 Å². The maximum Gasteiger partial charge on any atom is 0.262 e. The van der Waals surface area contributed by atoms with Gasteiger partial charge in [0.15, 0.2) is 6.29 Å². The van der Waals surface area contributed by atoms with Gasteiger partial charge >= 0.3 is 0 Å². The Balaban J connectivity index is 1.29. The van der Waals surface area contributed by atoms with E-state index >= 15 is 0 Å². The monoisotopic (exact) mass is 562 g/mol. The predicted molar refractivity (Wildman–Crippen MR) is 151 cm³/mol. The number of carbonyl (C=O) groups is 1. The minimum absolute atomic E-state index is 0.202. The molecule has 0 saturated carbocycles. The van der Waals surface area contributed by atoms with Crippen LogP contribution < -0.4 is 10.2 Å². The number of fused-ring (bicyclic) bond motifs is 1. The number of allylic oxidation sites excluding steroid dienone is 1. The Bertz CT molecular complexity index is 1490. The van der Waals surface area contributed by atoms with Gasteiger partial charge < -0.3 is 44.7 Å². The van der Waals surface area contributed by atoms with Crippen LogP contribution in [-0.4, -0.2) is 102 Å². The molecule has 5 rings (SSSR count). The maximum absolute atomic E-state index is 12.8. The third-order valence-electron chi connectivity index (χ3n) is 7.82. The molecule has 2 aromatic carbocycles. The summed E-state index contributed by atoms with van der Waals surface area (Å²) in [7, 11) is 2.14. The number of hydrogen-bond acceptors (Lipinski definition) is 10. The quantitative estimate of drug-likeness (QED) is 0.217. The molecule has 1 unspecified atom stereocenters. The highest BCUT2D eigenvalue weighted by molar-refractivity contribution is 6.04. The Kier molecular flexibility index (Phi) is 8.42. The first-order valence-electron chi connectivity index (χ1n) is 13.5. The lowest BCUT2D eigenvalue weighted by molar-refractivity contribution is -0.280. The Morgan fingerprint density at radius 3 is 2.41 bits per heavy atom. The number of nitrogens with one attached hydrogen (secondary N) is 1. The van der Waals surface area contributed by atoms with E-state index in [-0.39, 0.29) is 12.1 Å². The first-order valence-corrected chi connectivity index (χ1v) is 13.5. The van der Waals surface area contributed by atoms with E-state index in [2.05, 4.69) is 46.4 Å². The van der Waals surface area contributed by atoms with Gasteiger partial charge in [-0.3, -0.25) is 4.79 Å². The fraction of sp³-hybridized carbons (Fsp3) is 0.400. The number of aliphatic hydroxyl groups is 4. The van der Waals surface area contributed by atoms with Gasteiger partial charge in [-0.2, -0.15) is 5.26 Å². The summed E-state index contributed by atoms with van der Waals surface area (Å²) in [6, 6.07) is 17.9. The van der Waals surface area contributed by atoms with Crippen LogP contribution in [-0.2, 0) is 9.53 Å². The number of anilines is 1. The van der Waals surface area contributed by atoms with E-state index in [9.17, 15) is 30.5 Å². The number of benzene rings is 2. The molecule has 2 aliphatic heterocycles. The standard InChI is InChI=1S/C30H34N4O7/c1-17(22(15-31)29(38)32-16-25-26(35)27(36)28(37)30(39)41-25)23-7-8-24(40-23)20-4-3-19-14-21(6-5-18(19)13-20)34-11-9-33(2)10-12-34/h3-8,13-14,25-28,30,35-37,39H,9-12,16H2,1-2H3,(H,32,38)/b22-17+/t25-,26-,27+,28-,30?/m1/s1. The van der Waals surface area contributed by atoms with E-state index in [0.29, 0.717) is 17.1 Å². The first-order chi connectivity index (χ1) is 19.7. The van der Waals surface area contributed by atoms with E-state index in [1.807, 2.05) is 18.2 Å². The number of piperazine rings is 1. The minimum Gasteiger partial charge on any atom is -0.456 e. The maximum atomic E-state index is 12.8. The van der Waals surface area contributed by atoms with Crippen LogP contribution in [0.5, 0.6) is 0 Å². The molecule has 0 spiro atoms. The molecule has 1 amide bonds. The molecule has 41 heavy (non-hydrogen) atoms. The molecule has 5 atom stereocenters. The van der Waals surface area contributed by atoms with Crippen molar-refractivity contribution in [2.75, 3.05) is 44.7 Å². The van der Waals surface area contributed by atoms with Crippen molar-refractivity contribution >= 4 is 27.9 Å². The van der Waals surface area contributed by atoms with Gasteiger partial charge in [-0.25, -0.2) is 0 Å². The normalized spacial score (nSPS) is 26.0. The van der Waals surface area contributed by atoms with Crippen molar-refractivity contribution in [1.82, 2.24) is 10.2 Å². The van der Waals surface area contributed by atoms with Gasteiger partial charge in [0.2, 0.25) is 0 Å². The average Bonchev–Trinajstić information content (AvgIpc) is 3.48. The summed E-state index contributed by atoms with van der Waals surface area (Å²) in [6.45, 7) is 5.36. The number of nitriles is 1. The van der Waals surface area contributed by atoms with Crippen molar-refractivity contribution in [3.63, 3.8) is 0 Å². The summed E-state index contributed by atoms with van der Waals surface area (Å²) in [5.41, 5.74) is 2.17. The van der Waals surface area contributed by atoms with Crippen LogP contribution in [0.1, 0.15) is 12.7 Å². The summed E-state index contributed by atoms with van der Waals surface area (Å²) in [5, 5.41) is 53.6. The highest BCUT2D eigenvalue weighted by Crippen LogP contribution is 2.31. The van der Waals surface area contributed by atoms with Crippen molar-refractivity contribution < 1.29 is 34.4 Å². The second-order valence-corrected chi connectivity index (χ2v) is 10.6. The van der Waals surface area contributed by atoms with Crippen LogP contribution in [0.3, 0.4) is 0 Å². The first kappa shape index (κ1) is 28.8. The third-order valence-corrected chi connectivity index (χ3v) is 7.82. The van der Waals surface area contributed by atoms with Gasteiger partial charge in [-0.15, -0.1) is 0 Å². The Labute approximate surface area is 237 Å². The molecule has 2 aliphatic rings. The number of rotatable bonds is 6.